The van der Waals surface area contributed by atoms with Gasteiger partial charge < -0.3 is 14.9 Å². The van der Waals surface area contributed by atoms with Gasteiger partial charge in [0.15, 0.2) is 5.76 Å². The van der Waals surface area contributed by atoms with Gasteiger partial charge in [0.05, 0.1) is 6.21 Å². The van der Waals surface area contributed by atoms with E-state index in [2.05, 4.69) is 0 Å². The molecule has 0 fully saturated rings. The lowest BCUT2D eigenvalue weighted by atomic mass is 10.3. The van der Waals surface area contributed by atoms with E-state index < -0.39 is 5.78 Å². The number of aliphatic hydroxyl groups excluding tert-OH is 1. The summed E-state index contributed by atoms with van der Waals surface area (Å²) in [7, 11) is 0. The summed E-state index contributed by atoms with van der Waals surface area (Å²) in [6.07, 6.45) is 0.667. The molecule has 0 radical (unpaired) electrons. The van der Waals surface area contributed by atoms with Gasteiger partial charge in [-0.15, -0.1) is 0 Å². The first kappa shape index (κ1) is 7.68. The Kier molecular flexibility index (Phi) is 2.18. The van der Waals surface area contributed by atoms with E-state index in [4.69, 9.17) is 14.9 Å². The molecule has 0 aliphatic heterocycles. The lowest BCUT2D eigenvalue weighted by Crippen LogP contribution is -1.95. The second-order valence-corrected chi connectivity index (χ2v) is 1.93. The summed E-state index contributed by atoms with van der Waals surface area (Å²) in [4.78, 5) is 10.7. The number of aliphatic hydroxyl groups is 1. The molecule has 0 aliphatic carbocycles. The molecular formula is C7H7NO3. The third-order valence-corrected chi connectivity index (χ3v) is 1.19. The molecule has 4 heteroatoms. The number of hydrogen-bond donors (Lipinski definition) is 2. The molecule has 1 aromatic heterocycles. The quantitative estimate of drug-likeness (QED) is 0.493. The number of nitrogens with one attached hydrogen (secondary N) is 1. The van der Waals surface area contributed by atoms with Crippen LogP contribution < -0.4 is 0 Å². The lowest BCUT2D eigenvalue weighted by Gasteiger charge is -1.86. The summed E-state index contributed by atoms with van der Waals surface area (Å²) in [5.41, 5.74) is 0. The highest BCUT2D eigenvalue weighted by molar-refractivity contribution is 6.33. The maximum Gasteiger partial charge on any atom is 0.238 e. The fourth-order valence-electron chi connectivity index (χ4n) is 0.666. The Labute approximate surface area is 63.0 Å². The van der Waals surface area contributed by atoms with E-state index in [1.807, 2.05) is 0 Å². The highest BCUT2D eigenvalue weighted by atomic mass is 16.4. The SMILES string of the molecule is N=CC(=O)c1ccc(CO)o1. The molecule has 0 saturated carbocycles. The summed E-state index contributed by atoms with van der Waals surface area (Å²) in [5, 5.41) is 15.2. The molecule has 11 heavy (non-hydrogen) atoms. The first-order valence-corrected chi connectivity index (χ1v) is 3.02. The fourth-order valence-corrected chi connectivity index (χ4v) is 0.666. The van der Waals surface area contributed by atoms with Crippen LogP contribution in [-0.2, 0) is 6.61 Å². The van der Waals surface area contributed by atoms with Crippen LogP contribution in [0, 0.1) is 5.41 Å². The summed E-state index contributed by atoms with van der Waals surface area (Å²) in [6.45, 7) is -0.231. The van der Waals surface area contributed by atoms with Gasteiger partial charge in [-0.3, -0.25) is 4.79 Å². The van der Waals surface area contributed by atoms with Crippen molar-refractivity contribution in [2.75, 3.05) is 0 Å². The van der Waals surface area contributed by atoms with Gasteiger partial charge in [-0.1, -0.05) is 0 Å². The predicted octanol–water partition coefficient (Wildman–Crippen LogP) is 0.604. The van der Waals surface area contributed by atoms with Crippen molar-refractivity contribution < 1.29 is 14.3 Å². The van der Waals surface area contributed by atoms with Crippen LogP contribution in [0.25, 0.3) is 0 Å². The molecule has 1 heterocycles. The van der Waals surface area contributed by atoms with Gasteiger partial charge in [-0.2, -0.15) is 0 Å². The summed E-state index contributed by atoms with van der Waals surface area (Å²) in [6, 6.07) is 2.93. The van der Waals surface area contributed by atoms with Crippen LogP contribution in [0.3, 0.4) is 0 Å². The molecule has 0 unspecified atom stereocenters. The zero-order valence-electron chi connectivity index (χ0n) is 5.70. The molecule has 0 bridgehead atoms. The third kappa shape index (κ3) is 1.53. The molecule has 58 valence electrons. The molecule has 0 aromatic carbocycles. The Morgan fingerprint density at radius 1 is 1.73 bits per heavy atom. The average molecular weight is 153 g/mol. The van der Waals surface area contributed by atoms with E-state index >= 15 is 0 Å². The fraction of sp³-hybridized carbons (Fsp3) is 0.143. The van der Waals surface area contributed by atoms with Crippen molar-refractivity contribution in [3.05, 3.63) is 23.7 Å². The molecule has 1 aromatic rings. The van der Waals surface area contributed by atoms with E-state index in [0.29, 0.717) is 12.0 Å². The molecule has 0 amide bonds. The summed E-state index contributed by atoms with van der Waals surface area (Å²) >= 11 is 0. The van der Waals surface area contributed by atoms with Crippen molar-refractivity contribution in [3.63, 3.8) is 0 Å². The second kappa shape index (κ2) is 3.12. The van der Waals surface area contributed by atoms with Crippen molar-refractivity contribution in [2.24, 2.45) is 0 Å². The Morgan fingerprint density at radius 2 is 2.45 bits per heavy atom. The van der Waals surface area contributed by atoms with Crippen LogP contribution in [0.1, 0.15) is 16.3 Å². The normalized spacial score (nSPS) is 9.55. The van der Waals surface area contributed by atoms with Gasteiger partial charge in [0.25, 0.3) is 0 Å². The van der Waals surface area contributed by atoms with Crippen LogP contribution in [0.15, 0.2) is 16.5 Å². The van der Waals surface area contributed by atoms with E-state index in [0.717, 1.165) is 0 Å². The minimum atomic E-state index is -0.496. The number of ketones is 1. The number of hydrogen-bond acceptors (Lipinski definition) is 4. The van der Waals surface area contributed by atoms with E-state index in [-0.39, 0.29) is 12.4 Å². The van der Waals surface area contributed by atoms with E-state index in [9.17, 15) is 4.79 Å². The molecule has 0 spiro atoms. The number of Topliss-reactive ketones (excluding diaryl/α,β-unsaturated/α-hetero) is 1. The Morgan fingerprint density at radius 3 is 2.91 bits per heavy atom. The lowest BCUT2D eigenvalue weighted by molar-refractivity contribution is 0.104. The predicted molar refractivity (Wildman–Crippen MR) is 37.7 cm³/mol. The monoisotopic (exact) mass is 153 g/mol. The molecule has 1 rings (SSSR count). The van der Waals surface area contributed by atoms with Crippen LogP contribution >= 0.6 is 0 Å². The Bertz CT molecular complexity index is 277. The Hall–Kier alpha value is -1.42. The largest absolute Gasteiger partial charge is 0.455 e. The van der Waals surface area contributed by atoms with Crippen molar-refractivity contribution in [3.8, 4) is 0 Å². The van der Waals surface area contributed by atoms with Crippen molar-refractivity contribution in [1.29, 1.82) is 5.41 Å². The first-order chi connectivity index (χ1) is 5.27. The van der Waals surface area contributed by atoms with Gasteiger partial charge in [0.2, 0.25) is 5.78 Å². The summed E-state index contributed by atoms with van der Waals surface area (Å²) < 4.78 is 4.83. The third-order valence-electron chi connectivity index (χ3n) is 1.19. The number of rotatable bonds is 3. The van der Waals surface area contributed by atoms with Crippen LogP contribution in [-0.4, -0.2) is 17.1 Å². The maximum absolute atomic E-state index is 10.7. The number of carbonyl (C=O) groups excluding carboxylic acids is 1. The van der Waals surface area contributed by atoms with Crippen molar-refractivity contribution in [1.82, 2.24) is 0 Å². The van der Waals surface area contributed by atoms with Gasteiger partial charge in [0.1, 0.15) is 12.4 Å². The van der Waals surface area contributed by atoms with Crippen LogP contribution in [0.5, 0.6) is 0 Å². The molecule has 0 aliphatic rings. The van der Waals surface area contributed by atoms with Gasteiger partial charge >= 0.3 is 0 Å². The minimum absolute atomic E-state index is 0.0871. The van der Waals surface area contributed by atoms with Gasteiger partial charge in [-0.05, 0) is 12.1 Å². The Balaban J connectivity index is 2.88. The van der Waals surface area contributed by atoms with Crippen LogP contribution in [0.4, 0.5) is 0 Å². The molecular weight excluding hydrogens is 146 g/mol. The highest BCUT2D eigenvalue weighted by Crippen LogP contribution is 2.07. The van der Waals surface area contributed by atoms with E-state index in [1.165, 1.54) is 12.1 Å². The van der Waals surface area contributed by atoms with Crippen molar-refractivity contribution >= 4 is 12.0 Å². The average Bonchev–Trinajstić information content (AvgIpc) is 2.50. The number of furan rings is 1. The minimum Gasteiger partial charge on any atom is -0.455 e. The smallest absolute Gasteiger partial charge is 0.238 e. The topological polar surface area (TPSA) is 74.3 Å². The standard InChI is InChI=1S/C7H7NO3/c8-3-6(10)7-2-1-5(4-9)11-7/h1-3,8-9H,4H2. The molecule has 4 nitrogen and oxygen atoms in total. The first-order valence-electron chi connectivity index (χ1n) is 3.02. The van der Waals surface area contributed by atoms with Crippen LogP contribution in [0.2, 0.25) is 0 Å². The van der Waals surface area contributed by atoms with Gasteiger partial charge in [-0.25, -0.2) is 0 Å². The molecule has 0 atom stereocenters. The van der Waals surface area contributed by atoms with Gasteiger partial charge in [0, 0.05) is 0 Å². The zero-order chi connectivity index (χ0) is 8.27. The zero-order valence-corrected chi connectivity index (χ0v) is 5.70. The number of carbonyl (C=O) groups is 1. The van der Waals surface area contributed by atoms with Crippen molar-refractivity contribution in [2.45, 2.75) is 6.61 Å². The molecule has 2 N–H and O–H groups in total. The highest BCUT2D eigenvalue weighted by Gasteiger charge is 2.06. The molecule has 0 saturated heterocycles. The maximum atomic E-state index is 10.7. The second-order valence-electron chi connectivity index (χ2n) is 1.93. The van der Waals surface area contributed by atoms with E-state index in [1.54, 1.807) is 0 Å². The summed E-state index contributed by atoms with van der Waals surface area (Å²) in [5.74, 6) is -0.0797.